The number of carbonyl (C=O) groups excluding carboxylic acids is 4. The first kappa shape index (κ1) is 39.4. The lowest BCUT2D eigenvalue weighted by Gasteiger charge is -2.29. The molecule has 1 aliphatic rings. The van der Waals surface area contributed by atoms with Crippen molar-refractivity contribution in [2.75, 3.05) is 6.54 Å². The molecular weight excluding hydrogens is 661 g/mol. The zero-order chi connectivity index (χ0) is 37.4. The van der Waals surface area contributed by atoms with E-state index in [2.05, 4.69) is 16.0 Å². The maximum atomic E-state index is 14.4. The third-order valence-corrected chi connectivity index (χ3v) is 10.6. The van der Waals surface area contributed by atoms with Gasteiger partial charge in [0.1, 0.15) is 6.04 Å². The molecule has 0 aliphatic heterocycles. The fourth-order valence-corrected chi connectivity index (χ4v) is 7.56. The van der Waals surface area contributed by atoms with E-state index >= 15 is 0 Å². The average molecular weight is 717 g/mol. The summed E-state index contributed by atoms with van der Waals surface area (Å²) in [5, 5.41) is 11.4. The number of unbranched alkanes of at least 4 members (excludes halogenated alkanes) is 1. The number of nitrogens with one attached hydrogen (secondary N) is 3. The fraction of sp³-hybridized carbons (Fsp3) is 0.422. The van der Waals surface area contributed by atoms with E-state index in [1.54, 1.807) is 6.92 Å². The summed E-state index contributed by atoms with van der Waals surface area (Å²) < 4.78 is 0. The van der Waals surface area contributed by atoms with Crippen molar-refractivity contribution < 1.29 is 19.2 Å². The maximum Gasteiger partial charge on any atom is 0.243 e. The molecule has 8 heteroatoms. The number of hydrogen-bond donors (Lipinski definition) is 4. The monoisotopic (exact) mass is 716 g/mol. The molecule has 0 radical (unpaired) electrons. The van der Waals surface area contributed by atoms with Gasteiger partial charge >= 0.3 is 0 Å². The quantitative estimate of drug-likeness (QED) is 0.0755. The minimum atomic E-state index is -0.855. The van der Waals surface area contributed by atoms with Gasteiger partial charge < -0.3 is 21.7 Å². The van der Waals surface area contributed by atoms with Crippen LogP contribution in [0.1, 0.15) is 100 Å². The topological polar surface area (TPSA) is 130 Å². The number of amides is 3. The first-order valence-corrected chi connectivity index (χ1v) is 19.5. The molecule has 4 aromatic rings. The van der Waals surface area contributed by atoms with Crippen molar-refractivity contribution in [3.8, 4) is 0 Å². The molecule has 0 unspecified atom stereocenters. The van der Waals surface area contributed by atoms with Crippen LogP contribution in [0.4, 0.5) is 0 Å². The summed E-state index contributed by atoms with van der Waals surface area (Å²) >= 11 is 0. The molecular formula is C45H56N4O4. The Labute approximate surface area is 314 Å². The number of fused-ring (bicyclic) bond motifs is 1. The number of nitrogens with two attached hydrogens (primary N) is 1. The summed E-state index contributed by atoms with van der Waals surface area (Å²) in [6.45, 7) is 2.26. The van der Waals surface area contributed by atoms with Crippen molar-refractivity contribution in [3.63, 3.8) is 0 Å². The molecule has 0 spiro atoms. The van der Waals surface area contributed by atoms with E-state index in [9.17, 15) is 19.2 Å². The molecule has 8 nitrogen and oxygen atoms in total. The SMILES string of the molecule is CCC(=O)N[C@@H](Cc1ccc2ccccc2c1)C(=O)N[C@@H](CC1CCCCC1)C(=O)C[C@@H](CCCCN)C(=O)NC(c1ccccc1)c1ccccc1. The van der Waals surface area contributed by atoms with Crippen LogP contribution in [-0.4, -0.2) is 42.1 Å². The molecule has 0 heterocycles. The molecule has 0 aromatic heterocycles. The van der Waals surface area contributed by atoms with Gasteiger partial charge in [-0.05, 0) is 59.2 Å². The molecule has 5 rings (SSSR count). The van der Waals surface area contributed by atoms with E-state index in [4.69, 9.17) is 5.73 Å². The molecule has 280 valence electrons. The van der Waals surface area contributed by atoms with E-state index in [0.29, 0.717) is 31.7 Å². The normalized spacial score (nSPS) is 15.0. The Balaban J connectivity index is 1.37. The van der Waals surface area contributed by atoms with Crippen molar-refractivity contribution in [1.82, 2.24) is 16.0 Å². The van der Waals surface area contributed by atoms with Gasteiger partial charge in [0.2, 0.25) is 17.7 Å². The molecule has 1 saturated carbocycles. The van der Waals surface area contributed by atoms with Crippen molar-refractivity contribution >= 4 is 34.3 Å². The Morgan fingerprint density at radius 2 is 1.34 bits per heavy atom. The lowest BCUT2D eigenvalue weighted by molar-refractivity contribution is -0.134. The second kappa shape index (κ2) is 20.4. The predicted molar refractivity (Wildman–Crippen MR) is 212 cm³/mol. The number of hydrogen-bond acceptors (Lipinski definition) is 5. The van der Waals surface area contributed by atoms with Crippen LogP contribution in [0.15, 0.2) is 103 Å². The van der Waals surface area contributed by atoms with Crippen LogP contribution in [0.5, 0.6) is 0 Å². The van der Waals surface area contributed by atoms with Gasteiger partial charge in [0.15, 0.2) is 5.78 Å². The van der Waals surface area contributed by atoms with Crippen molar-refractivity contribution in [2.24, 2.45) is 17.6 Å². The van der Waals surface area contributed by atoms with Crippen LogP contribution in [0.2, 0.25) is 0 Å². The average Bonchev–Trinajstić information content (AvgIpc) is 3.19. The van der Waals surface area contributed by atoms with E-state index in [0.717, 1.165) is 59.6 Å². The molecule has 5 N–H and O–H groups in total. The highest BCUT2D eigenvalue weighted by molar-refractivity contribution is 5.95. The highest BCUT2D eigenvalue weighted by atomic mass is 16.2. The van der Waals surface area contributed by atoms with Crippen molar-refractivity contribution in [1.29, 1.82) is 0 Å². The number of benzene rings is 4. The maximum absolute atomic E-state index is 14.4. The Morgan fingerprint density at radius 3 is 1.98 bits per heavy atom. The number of Topliss-reactive ketones (excluding diaryl/α,β-unsaturated/α-hetero) is 1. The third kappa shape index (κ3) is 11.8. The van der Waals surface area contributed by atoms with Gasteiger partial charge in [0.25, 0.3) is 0 Å². The molecule has 0 bridgehead atoms. The third-order valence-electron chi connectivity index (χ3n) is 10.6. The van der Waals surface area contributed by atoms with Crippen LogP contribution in [0, 0.1) is 11.8 Å². The van der Waals surface area contributed by atoms with Gasteiger partial charge in [0, 0.05) is 25.2 Å². The van der Waals surface area contributed by atoms with Gasteiger partial charge in [-0.1, -0.05) is 149 Å². The highest BCUT2D eigenvalue weighted by Crippen LogP contribution is 2.29. The second-order valence-electron chi connectivity index (χ2n) is 14.6. The standard InChI is InChI=1S/C45H56N4O4/c1-2-42(51)47-40(30-33-25-26-34-18-12-13-23-37(34)28-33)45(53)48-39(29-32-16-6-3-7-17-32)41(50)31-38(24-14-15-27-46)44(52)49-43(35-19-8-4-9-20-35)36-21-10-5-11-22-36/h4-5,8-13,18-23,25-26,28,32,38-40,43H,2-3,6-7,14-17,24,27,29-31,46H2,1H3,(H,47,51)(H,48,53)(H,49,52)/t38-,39+,40+/m1/s1. The summed E-state index contributed by atoms with van der Waals surface area (Å²) in [4.78, 5) is 55.4. The summed E-state index contributed by atoms with van der Waals surface area (Å²) in [5.41, 5.74) is 8.66. The lowest BCUT2D eigenvalue weighted by atomic mass is 9.82. The van der Waals surface area contributed by atoms with E-state index in [1.807, 2.05) is 103 Å². The predicted octanol–water partition coefficient (Wildman–Crippen LogP) is 7.34. The van der Waals surface area contributed by atoms with E-state index in [1.165, 1.54) is 6.42 Å². The summed E-state index contributed by atoms with van der Waals surface area (Å²) in [7, 11) is 0. The highest BCUT2D eigenvalue weighted by Gasteiger charge is 2.33. The van der Waals surface area contributed by atoms with Crippen LogP contribution in [0.25, 0.3) is 10.8 Å². The zero-order valence-corrected chi connectivity index (χ0v) is 31.1. The Morgan fingerprint density at radius 1 is 0.698 bits per heavy atom. The van der Waals surface area contributed by atoms with Gasteiger partial charge in [-0.15, -0.1) is 0 Å². The minimum absolute atomic E-state index is 0.00102. The van der Waals surface area contributed by atoms with Crippen LogP contribution < -0.4 is 21.7 Å². The first-order chi connectivity index (χ1) is 25.8. The lowest BCUT2D eigenvalue weighted by Crippen LogP contribution is -2.53. The minimum Gasteiger partial charge on any atom is -0.345 e. The van der Waals surface area contributed by atoms with Crippen LogP contribution >= 0.6 is 0 Å². The second-order valence-corrected chi connectivity index (χ2v) is 14.6. The molecule has 3 atom stereocenters. The van der Waals surface area contributed by atoms with E-state index < -0.39 is 18.0 Å². The Bertz CT molecular complexity index is 1730. The summed E-state index contributed by atoms with van der Waals surface area (Å²) in [6, 6.07) is 31.7. The van der Waals surface area contributed by atoms with E-state index in [-0.39, 0.29) is 48.8 Å². The molecule has 53 heavy (non-hydrogen) atoms. The molecule has 1 fully saturated rings. The summed E-state index contributed by atoms with van der Waals surface area (Å²) in [6.07, 6.45) is 8.38. The Kier molecular flexibility index (Phi) is 15.2. The molecule has 1 aliphatic carbocycles. The van der Waals surface area contributed by atoms with Gasteiger partial charge in [-0.25, -0.2) is 0 Å². The fourth-order valence-electron chi connectivity index (χ4n) is 7.56. The summed E-state index contributed by atoms with van der Waals surface area (Å²) in [5.74, 6) is -1.26. The van der Waals surface area contributed by atoms with Gasteiger partial charge in [-0.3, -0.25) is 19.2 Å². The zero-order valence-electron chi connectivity index (χ0n) is 31.1. The van der Waals surface area contributed by atoms with Crippen molar-refractivity contribution in [2.45, 2.75) is 102 Å². The van der Waals surface area contributed by atoms with Crippen LogP contribution in [-0.2, 0) is 25.6 Å². The Hall–Kier alpha value is -4.82. The van der Waals surface area contributed by atoms with Crippen molar-refractivity contribution in [3.05, 3.63) is 120 Å². The molecule has 4 aromatic carbocycles. The van der Waals surface area contributed by atoms with Gasteiger partial charge in [0.05, 0.1) is 12.1 Å². The molecule has 0 saturated heterocycles. The van der Waals surface area contributed by atoms with Crippen LogP contribution in [0.3, 0.4) is 0 Å². The van der Waals surface area contributed by atoms with Gasteiger partial charge in [-0.2, -0.15) is 0 Å². The largest absolute Gasteiger partial charge is 0.345 e. The first-order valence-electron chi connectivity index (χ1n) is 19.5. The number of ketones is 1. The molecule has 3 amide bonds. The number of carbonyl (C=O) groups is 4. The number of rotatable bonds is 19. The smallest absolute Gasteiger partial charge is 0.243 e.